The number of nitrogens with zero attached hydrogens (tertiary/aromatic N) is 5. The van der Waals surface area contributed by atoms with Gasteiger partial charge in [0, 0.05) is 13.5 Å². The number of likely N-dealkylation sites (N-methyl/N-ethyl adjacent to an activating group) is 1. The van der Waals surface area contributed by atoms with E-state index in [1.807, 2.05) is 30.3 Å². The van der Waals surface area contributed by atoms with Gasteiger partial charge in [-0.1, -0.05) is 30.3 Å². The van der Waals surface area contributed by atoms with Crippen molar-refractivity contribution in [3.05, 3.63) is 41.7 Å². The maximum atomic E-state index is 12.6. The van der Waals surface area contributed by atoms with Gasteiger partial charge in [-0.15, -0.1) is 5.10 Å². The molecule has 0 aliphatic rings. The highest BCUT2D eigenvalue weighted by Gasteiger charge is 2.27. The summed E-state index contributed by atoms with van der Waals surface area (Å²) in [6, 6.07) is 8.77. The summed E-state index contributed by atoms with van der Waals surface area (Å²) in [6.07, 6.45) is 0.384. The molecule has 1 atom stereocenters. The lowest BCUT2D eigenvalue weighted by atomic mass is 10.0. The van der Waals surface area contributed by atoms with Crippen molar-refractivity contribution in [1.82, 2.24) is 25.1 Å². The predicted octanol–water partition coefficient (Wildman–Crippen LogP) is 0.308. The minimum absolute atomic E-state index is 0.346. The number of hydrogen-bond donors (Lipinski definition) is 1. The van der Waals surface area contributed by atoms with Crippen molar-refractivity contribution >= 4 is 11.9 Å². The fourth-order valence-electron chi connectivity index (χ4n) is 2.18. The minimum atomic E-state index is -1.07. The van der Waals surface area contributed by atoms with Crippen molar-refractivity contribution in [2.75, 3.05) is 13.6 Å². The molecule has 2 rings (SSSR count). The van der Waals surface area contributed by atoms with Crippen molar-refractivity contribution in [2.24, 2.45) is 0 Å². The lowest BCUT2D eigenvalue weighted by Crippen LogP contribution is -2.39. The number of tetrazole rings is 1. The molecule has 1 amide bonds. The molecule has 22 heavy (non-hydrogen) atoms. The highest BCUT2D eigenvalue weighted by Crippen LogP contribution is 2.17. The van der Waals surface area contributed by atoms with Gasteiger partial charge in [-0.3, -0.25) is 9.59 Å². The molecule has 1 aromatic heterocycles. The molecule has 8 heteroatoms. The van der Waals surface area contributed by atoms with Crippen LogP contribution in [0, 0.1) is 6.92 Å². The number of aryl methyl sites for hydroxylation is 1. The number of amides is 1. The molecule has 1 unspecified atom stereocenters. The molecule has 0 saturated heterocycles. The van der Waals surface area contributed by atoms with E-state index in [9.17, 15) is 9.59 Å². The van der Waals surface area contributed by atoms with E-state index in [0.717, 1.165) is 10.5 Å². The second-order valence-corrected chi connectivity index (χ2v) is 4.96. The number of aromatic nitrogens is 4. The first-order valence-electron chi connectivity index (χ1n) is 6.74. The van der Waals surface area contributed by atoms with E-state index in [0.29, 0.717) is 12.2 Å². The first-order chi connectivity index (χ1) is 10.5. The standard InChI is InChI=1S/C14H17N5O3/c1-10-15-16-17-19(10)12(8-11-6-4-3-5-7-11)14(22)18(2)9-13(20)21/h3-7,12H,8-9H2,1-2H3,(H,20,21). The Balaban J connectivity index is 2.28. The number of hydrogen-bond acceptors (Lipinski definition) is 5. The van der Waals surface area contributed by atoms with Crippen LogP contribution < -0.4 is 0 Å². The molecule has 0 aliphatic heterocycles. The maximum absolute atomic E-state index is 12.6. The first kappa shape index (κ1) is 15.6. The summed E-state index contributed by atoms with van der Waals surface area (Å²) in [5.41, 5.74) is 0.944. The molecule has 0 spiro atoms. The molecule has 0 saturated carbocycles. The Labute approximate surface area is 127 Å². The quantitative estimate of drug-likeness (QED) is 0.824. The maximum Gasteiger partial charge on any atom is 0.323 e. The fraction of sp³-hybridized carbons (Fsp3) is 0.357. The van der Waals surface area contributed by atoms with Gasteiger partial charge >= 0.3 is 5.97 Å². The molecule has 0 bridgehead atoms. The molecule has 0 aliphatic carbocycles. The number of rotatable bonds is 6. The van der Waals surface area contributed by atoms with Gasteiger partial charge in [-0.25, -0.2) is 4.68 Å². The van der Waals surface area contributed by atoms with Crippen molar-refractivity contribution in [3.8, 4) is 0 Å². The molecule has 1 heterocycles. The van der Waals surface area contributed by atoms with Gasteiger partial charge < -0.3 is 10.0 Å². The van der Waals surface area contributed by atoms with Crippen LogP contribution in [-0.4, -0.2) is 55.7 Å². The number of carboxylic acid groups (broad SMARTS) is 1. The first-order valence-corrected chi connectivity index (χ1v) is 6.74. The summed E-state index contributed by atoms with van der Waals surface area (Å²) in [5.74, 6) is -0.914. The van der Waals surface area contributed by atoms with E-state index >= 15 is 0 Å². The Hall–Kier alpha value is -2.77. The third-order valence-corrected chi connectivity index (χ3v) is 3.26. The average Bonchev–Trinajstić information content (AvgIpc) is 2.90. The van der Waals surface area contributed by atoms with Crippen molar-refractivity contribution < 1.29 is 14.7 Å². The van der Waals surface area contributed by atoms with Gasteiger partial charge in [0.1, 0.15) is 18.4 Å². The number of carbonyl (C=O) groups is 2. The Morgan fingerprint density at radius 3 is 2.55 bits per heavy atom. The van der Waals surface area contributed by atoms with Crippen LogP contribution in [0.15, 0.2) is 30.3 Å². The molecular formula is C14H17N5O3. The number of benzene rings is 1. The van der Waals surface area contributed by atoms with Crippen LogP contribution in [0.5, 0.6) is 0 Å². The van der Waals surface area contributed by atoms with Gasteiger partial charge in [0.2, 0.25) is 5.91 Å². The average molecular weight is 303 g/mol. The van der Waals surface area contributed by atoms with Crippen LogP contribution in [0.1, 0.15) is 17.4 Å². The number of aliphatic carboxylic acids is 1. The monoisotopic (exact) mass is 303 g/mol. The molecular weight excluding hydrogens is 286 g/mol. The van der Waals surface area contributed by atoms with E-state index < -0.39 is 12.0 Å². The lowest BCUT2D eigenvalue weighted by Gasteiger charge is -2.23. The molecule has 2 aromatic rings. The zero-order chi connectivity index (χ0) is 16.1. The second-order valence-electron chi connectivity index (χ2n) is 4.96. The van der Waals surface area contributed by atoms with Gasteiger partial charge in [-0.05, 0) is 22.9 Å². The Bertz CT molecular complexity index is 656. The third kappa shape index (κ3) is 3.66. The predicted molar refractivity (Wildman–Crippen MR) is 77.0 cm³/mol. The van der Waals surface area contributed by atoms with Crippen LogP contribution in [0.3, 0.4) is 0 Å². The van der Waals surface area contributed by atoms with Gasteiger partial charge in [0.05, 0.1) is 0 Å². The lowest BCUT2D eigenvalue weighted by molar-refractivity contribution is -0.145. The van der Waals surface area contributed by atoms with Gasteiger partial charge in [0.15, 0.2) is 0 Å². The van der Waals surface area contributed by atoms with Gasteiger partial charge in [-0.2, -0.15) is 0 Å². The van der Waals surface area contributed by atoms with Crippen molar-refractivity contribution in [1.29, 1.82) is 0 Å². The second kappa shape index (κ2) is 6.79. The summed E-state index contributed by atoms with van der Waals surface area (Å²) in [6.45, 7) is 1.33. The summed E-state index contributed by atoms with van der Waals surface area (Å²) >= 11 is 0. The highest BCUT2D eigenvalue weighted by atomic mass is 16.4. The highest BCUT2D eigenvalue weighted by molar-refractivity contribution is 5.84. The van der Waals surface area contributed by atoms with E-state index in [-0.39, 0.29) is 12.5 Å². The Morgan fingerprint density at radius 2 is 2.00 bits per heavy atom. The Morgan fingerprint density at radius 1 is 1.32 bits per heavy atom. The molecule has 0 fully saturated rings. The number of carboxylic acids is 1. The van der Waals surface area contributed by atoms with Crippen LogP contribution >= 0.6 is 0 Å². The van der Waals surface area contributed by atoms with E-state index in [1.165, 1.54) is 11.7 Å². The normalized spacial score (nSPS) is 11.9. The molecule has 116 valence electrons. The fourth-order valence-corrected chi connectivity index (χ4v) is 2.18. The van der Waals surface area contributed by atoms with Crippen molar-refractivity contribution in [3.63, 3.8) is 0 Å². The largest absolute Gasteiger partial charge is 0.480 e. The molecule has 0 radical (unpaired) electrons. The summed E-state index contributed by atoms with van der Waals surface area (Å²) in [4.78, 5) is 24.6. The molecule has 8 nitrogen and oxygen atoms in total. The van der Waals surface area contributed by atoms with Crippen LogP contribution in [0.4, 0.5) is 0 Å². The van der Waals surface area contributed by atoms with Crippen LogP contribution in [0.25, 0.3) is 0 Å². The van der Waals surface area contributed by atoms with Crippen molar-refractivity contribution in [2.45, 2.75) is 19.4 Å². The topological polar surface area (TPSA) is 101 Å². The minimum Gasteiger partial charge on any atom is -0.480 e. The van der Waals surface area contributed by atoms with Crippen LogP contribution in [-0.2, 0) is 16.0 Å². The SMILES string of the molecule is Cc1nnnn1C(Cc1ccccc1)C(=O)N(C)CC(=O)O. The van der Waals surface area contributed by atoms with Gasteiger partial charge in [0.25, 0.3) is 0 Å². The smallest absolute Gasteiger partial charge is 0.323 e. The summed E-state index contributed by atoms with van der Waals surface area (Å²) in [7, 11) is 1.45. The number of carbonyl (C=O) groups excluding carboxylic acids is 1. The zero-order valence-electron chi connectivity index (χ0n) is 12.4. The third-order valence-electron chi connectivity index (χ3n) is 3.26. The Kier molecular flexibility index (Phi) is 4.82. The summed E-state index contributed by atoms with van der Waals surface area (Å²) < 4.78 is 1.42. The molecule has 1 N–H and O–H groups in total. The zero-order valence-corrected chi connectivity index (χ0v) is 12.4. The summed E-state index contributed by atoms with van der Waals surface area (Å²) in [5, 5.41) is 20.1. The van der Waals surface area contributed by atoms with Crippen LogP contribution in [0.2, 0.25) is 0 Å². The van der Waals surface area contributed by atoms with E-state index in [1.54, 1.807) is 6.92 Å². The van der Waals surface area contributed by atoms with E-state index in [4.69, 9.17) is 5.11 Å². The van der Waals surface area contributed by atoms with E-state index in [2.05, 4.69) is 15.5 Å². The molecule has 1 aromatic carbocycles.